The van der Waals surface area contributed by atoms with Crippen LogP contribution in [0.3, 0.4) is 0 Å². The van der Waals surface area contributed by atoms with Gasteiger partial charge in [0, 0.05) is 6.61 Å². The molecule has 2 unspecified atom stereocenters. The Morgan fingerprint density at radius 2 is 2.25 bits per heavy atom. The summed E-state index contributed by atoms with van der Waals surface area (Å²) in [5.74, 6) is 0.141. The Morgan fingerprint density at radius 1 is 1.38 bits per heavy atom. The molecule has 2 N–H and O–H groups in total. The highest BCUT2D eigenvalue weighted by atomic mass is 16.5. The molecule has 2 saturated heterocycles. The van der Waals surface area contributed by atoms with Gasteiger partial charge in [0.25, 0.3) is 0 Å². The van der Waals surface area contributed by atoms with Crippen LogP contribution in [0.5, 0.6) is 0 Å². The number of carbonyl (C=O) groups excluding carboxylic acids is 1. The molecule has 2 rings (SSSR count). The van der Waals surface area contributed by atoms with Crippen LogP contribution in [0.4, 0.5) is 0 Å². The highest BCUT2D eigenvalue weighted by molar-refractivity contribution is 5.82. The third kappa shape index (κ3) is 2.95. The third-order valence-corrected chi connectivity index (χ3v) is 3.52. The fraction of sp³-hybridized carbons (Fsp3) is 0.917. The average molecular weight is 226 g/mol. The lowest BCUT2D eigenvalue weighted by Crippen LogP contribution is -2.51. The van der Waals surface area contributed by atoms with Crippen LogP contribution in [-0.2, 0) is 9.53 Å². The number of hydrogen-bond acceptors (Lipinski definition) is 3. The van der Waals surface area contributed by atoms with Gasteiger partial charge in [0.1, 0.15) is 0 Å². The largest absolute Gasteiger partial charge is 0.376 e. The maximum atomic E-state index is 11.9. The normalized spacial score (nSPS) is 32.3. The lowest BCUT2D eigenvalue weighted by molar-refractivity contribution is -0.125. The Labute approximate surface area is 97.1 Å². The fourth-order valence-electron chi connectivity index (χ4n) is 2.49. The SMILES string of the molecule is CC(NC(=O)[C@H]1CCCCN1)C1CCCO1. The molecule has 0 saturated carbocycles. The van der Waals surface area contributed by atoms with E-state index in [9.17, 15) is 4.79 Å². The summed E-state index contributed by atoms with van der Waals surface area (Å²) in [7, 11) is 0. The van der Waals surface area contributed by atoms with E-state index in [-0.39, 0.29) is 24.1 Å². The van der Waals surface area contributed by atoms with Crippen LogP contribution in [-0.4, -0.2) is 37.2 Å². The average Bonchev–Trinajstić information content (AvgIpc) is 2.83. The van der Waals surface area contributed by atoms with Crippen molar-refractivity contribution in [3.63, 3.8) is 0 Å². The number of nitrogens with one attached hydrogen (secondary N) is 2. The van der Waals surface area contributed by atoms with Crippen LogP contribution >= 0.6 is 0 Å². The second-order valence-electron chi connectivity index (χ2n) is 4.85. The Bertz CT molecular complexity index is 233. The highest BCUT2D eigenvalue weighted by Gasteiger charge is 2.27. The Morgan fingerprint density at radius 3 is 2.88 bits per heavy atom. The second kappa shape index (κ2) is 5.64. The summed E-state index contributed by atoms with van der Waals surface area (Å²) < 4.78 is 5.57. The van der Waals surface area contributed by atoms with Crippen molar-refractivity contribution in [2.75, 3.05) is 13.2 Å². The molecule has 2 heterocycles. The van der Waals surface area contributed by atoms with E-state index in [1.807, 2.05) is 6.92 Å². The van der Waals surface area contributed by atoms with Crippen molar-refractivity contribution in [1.82, 2.24) is 10.6 Å². The zero-order chi connectivity index (χ0) is 11.4. The molecule has 0 aromatic heterocycles. The number of amides is 1. The van der Waals surface area contributed by atoms with Crippen LogP contribution in [0, 0.1) is 0 Å². The smallest absolute Gasteiger partial charge is 0.237 e. The molecule has 0 aliphatic carbocycles. The molecule has 4 nitrogen and oxygen atoms in total. The van der Waals surface area contributed by atoms with Crippen LogP contribution in [0.1, 0.15) is 39.0 Å². The minimum absolute atomic E-state index is 0.0117. The van der Waals surface area contributed by atoms with Crippen LogP contribution in [0.25, 0.3) is 0 Å². The minimum Gasteiger partial charge on any atom is -0.376 e. The number of piperidine rings is 1. The van der Waals surface area contributed by atoms with Crippen LogP contribution in [0.2, 0.25) is 0 Å². The summed E-state index contributed by atoms with van der Waals surface area (Å²) in [5, 5.41) is 6.33. The van der Waals surface area contributed by atoms with Gasteiger partial charge in [0.15, 0.2) is 0 Å². The van der Waals surface area contributed by atoms with Gasteiger partial charge in [-0.3, -0.25) is 4.79 Å². The van der Waals surface area contributed by atoms with Crippen molar-refractivity contribution < 1.29 is 9.53 Å². The molecule has 0 bridgehead atoms. The highest BCUT2D eigenvalue weighted by Crippen LogP contribution is 2.16. The van der Waals surface area contributed by atoms with Gasteiger partial charge in [-0.15, -0.1) is 0 Å². The first-order valence-corrected chi connectivity index (χ1v) is 6.43. The first kappa shape index (κ1) is 11.9. The molecule has 3 atom stereocenters. The van der Waals surface area contributed by atoms with Crippen LogP contribution < -0.4 is 10.6 Å². The number of carbonyl (C=O) groups is 1. The standard InChI is InChI=1S/C12H22N2O2/c1-9(11-6-4-8-16-11)14-12(15)10-5-2-3-7-13-10/h9-11,13H,2-8H2,1H3,(H,14,15)/t9?,10-,11?/m1/s1. The summed E-state index contributed by atoms with van der Waals surface area (Å²) in [5.41, 5.74) is 0. The molecule has 92 valence electrons. The van der Waals surface area contributed by atoms with E-state index in [0.717, 1.165) is 38.8 Å². The monoisotopic (exact) mass is 226 g/mol. The van der Waals surface area contributed by atoms with Crippen molar-refractivity contribution in [1.29, 1.82) is 0 Å². The maximum absolute atomic E-state index is 11.9. The zero-order valence-electron chi connectivity index (χ0n) is 10.00. The third-order valence-electron chi connectivity index (χ3n) is 3.52. The number of ether oxygens (including phenoxy) is 1. The molecular weight excluding hydrogens is 204 g/mol. The van der Waals surface area contributed by atoms with E-state index >= 15 is 0 Å². The molecule has 0 aromatic carbocycles. The van der Waals surface area contributed by atoms with E-state index in [1.54, 1.807) is 0 Å². The number of rotatable bonds is 3. The van der Waals surface area contributed by atoms with Gasteiger partial charge in [-0.25, -0.2) is 0 Å². The van der Waals surface area contributed by atoms with Gasteiger partial charge in [0.2, 0.25) is 5.91 Å². The molecule has 2 aliphatic rings. The Kier molecular flexibility index (Phi) is 4.18. The number of hydrogen-bond donors (Lipinski definition) is 2. The quantitative estimate of drug-likeness (QED) is 0.749. The predicted octanol–water partition coefficient (Wildman–Crippen LogP) is 0.812. The van der Waals surface area contributed by atoms with Crippen molar-refractivity contribution in [3.8, 4) is 0 Å². The van der Waals surface area contributed by atoms with Crippen LogP contribution in [0.15, 0.2) is 0 Å². The fourth-order valence-corrected chi connectivity index (χ4v) is 2.49. The summed E-state index contributed by atoms with van der Waals surface area (Å²) in [4.78, 5) is 11.9. The molecule has 0 aromatic rings. The first-order chi connectivity index (χ1) is 7.77. The molecule has 1 amide bonds. The van der Waals surface area contributed by atoms with Gasteiger partial charge in [-0.2, -0.15) is 0 Å². The van der Waals surface area contributed by atoms with Gasteiger partial charge in [-0.1, -0.05) is 6.42 Å². The minimum atomic E-state index is 0.0117. The first-order valence-electron chi connectivity index (χ1n) is 6.43. The molecule has 4 heteroatoms. The molecular formula is C12H22N2O2. The summed E-state index contributed by atoms with van der Waals surface area (Å²) in [6.07, 6.45) is 5.70. The van der Waals surface area contributed by atoms with E-state index in [0.29, 0.717) is 0 Å². The van der Waals surface area contributed by atoms with Gasteiger partial charge in [-0.05, 0) is 39.2 Å². The zero-order valence-corrected chi connectivity index (χ0v) is 10.00. The topological polar surface area (TPSA) is 50.4 Å². The Hall–Kier alpha value is -0.610. The van der Waals surface area contributed by atoms with Crippen molar-refractivity contribution in [3.05, 3.63) is 0 Å². The van der Waals surface area contributed by atoms with E-state index in [4.69, 9.17) is 4.74 Å². The molecule has 0 radical (unpaired) electrons. The molecule has 16 heavy (non-hydrogen) atoms. The van der Waals surface area contributed by atoms with Crippen molar-refractivity contribution in [2.24, 2.45) is 0 Å². The molecule has 2 aliphatic heterocycles. The Balaban J connectivity index is 1.76. The second-order valence-corrected chi connectivity index (χ2v) is 4.85. The van der Waals surface area contributed by atoms with Crippen molar-refractivity contribution >= 4 is 5.91 Å². The van der Waals surface area contributed by atoms with Gasteiger partial charge >= 0.3 is 0 Å². The van der Waals surface area contributed by atoms with Gasteiger partial charge < -0.3 is 15.4 Å². The van der Waals surface area contributed by atoms with Crippen molar-refractivity contribution in [2.45, 2.75) is 57.2 Å². The summed E-state index contributed by atoms with van der Waals surface area (Å²) in [6, 6.07) is 0.149. The van der Waals surface area contributed by atoms with E-state index < -0.39 is 0 Å². The lowest BCUT2D eigenvalue weighted by Gasteiger charge is -2.26. The maximum Gasteiger partial charge on any atom is 0.237 e. The van der Waals surface area contributed by atoms with E-state index in [2.05, 4.69) is 10.6 Å². The molecule has 0 spiro atoms. The molecule has 2 fully saturated rings. The summed E-state index contributed by atoms with van der Waals surface area (Å²) >= 11 is 0. The van der Waals surface area contributed by atoms with Gasteiger partial charge in [0.05, 0.1) is 18.2 Å². The van der Waals surface area contributed by atoms with E-state index in [1.165, 1.54) is 6.42 Å². The predicted molar refractivity (Wildman–Crippen MR) is 62.2 cm³/mol. The lowest BCUT2D eigenvalue weighted by atomic mass is 10.0. The summed E-state index contributed by atoms with van der Waals surface area (Å²) in [6.45, 7) is 3.84.